The number of carbonyl (C=O) groups is 2. The largest absolute Gasteiger partial charge is 0.493 e. The van der Waals surface area contributed by atoms with E-state index in [2.05, 4.69) is 10.4 Å². The molecule has 4 rings (SSSR count). The van der Waals surface area contributed by atoms with Gasteiger partial charge in [-0.1, -0.05) is 25.0 Å². The fourth-order valence-corrected chi connectivity index (χ4v) is 4.27. The van der Waals surface area contributed by atoms with Gasteiger partial charge in [0.15, 0.2) is 11.5 Å². The Morgan fingerprint density at radius 3 is 2.59 bits per heavy atom. The van der Waals surface area contributed by atoms with Crippen molar-refractivity contribution >= 4 is 17.5 Å². The Kier molecular flexibility index (Phi) is 6.73. The van der Waals surface area contributed by atoms with Crippen LogP contribution in [0.5, 0.6) is 11.5 Å². The van der Waals surface area contributed by atoms with Crippen molar-refractivity contribution in [3.63, 3.8) is 0 Å². The summed E-state index contributed by atoms with van der Waals surface area (Å²) < 4.78 is 10.7. The summed E-state index contributed by atoms with van der Waals surface area (Å²) in [6, 6.07) is 13.3. The Balaban J connectivity index is 1.50. The van der Waals surface area contributed by atoms with Gasteiger partial charge in [0.25, 0.3) is 5.91 Å². The standard InChI is InChI=1S/C25H29N3O4/c1-31-22-12-10-18(15-23(22)32-2)21-11-13-24(29)28(27-21)16-17-6-5-7-19(14-17)25(30)26-20-8-3-4-9-20/h5-7,10,12,14-15,20H,3-4,8-9,11,13,16H2,1-2H3,(H,26,30). The number of nitrogens with one attached hydrogen (secondary N) is 1. The molecule has 1 heterocycles. The molecule has 2 aromatic carbocycles. The summed E-state index contributed by atoms with van der Waals surface area (Å²) in [6.07, 6.45) is 5.37. The highest BCUT2D eigenvalue weighted by Crippen LogP contribution is 2.29. The van der Waals surface area contributed by atoms with Crippen LogP contribution in [0.2, 0.25) is 0 Å². The summed E-state index contributed by atoms with van der Waals surface area (Å²) in [4.78, 5) is 25.2. The highest BCUT2D eigenvalue weighted by Gasteiger charge is 2.23. The number of nitrogens with zero attached hydrogens (tertiary/aromatic N) is 2. The molecule has 1 aliphatic heterocycles. The smallest absolute Gasteiger partial charge is 0.251 e. The van der Waals surface area contributed by atoms with Crippen LogP contribution in [0.4, 0.5) is 0 Å². The lowest BCUT2D eigenvalue weighted by atomic mass is 10.0. The minimum absolute atomic E-state index is 0.0324. The summed E-state index contributed by atoms with van der Waals surface area (Å²) in [6.45, 7) is 0.320. The lowest BCUT2D eigenvalue weighted by molar-refractivity contribution is -0.132. The highest BCUT2D eigenvalue weighted by atomic mass is 16.5. The average molecular weight is 436 g/mol. The van der Waals surface area contributed by atoms with E-state index in [9.17, 15) is 9.59 Å². The number of hydrogen-bond acceptors (Lipinski definition) is 5. The van der Waals surface area contributed by atoms with Crippen molar-refractivity contribution in [2.45, 2.75) is 51.1 Å². The van der Waals surface area contributed by atoms with Crippen molar-refractivity contribution in [3.05, 3.63) is 59.2 Å². The van der Waals surface area contributed by atoms with Gasteiger partial charge < -0.3 is 14.8 Å². The minimum Gasteiger partial charge on any atom is -0.493 e. The third-order valence-corrected chi connectivity index (χ3v) is 6.03. The molecular formula is C25H29N3O4. The van der Waals surface area contributed by atoms with Crippen LogP contribution in [0.3, 0.4) is 0 Å². The van der Waals surface area contributed by atoms with Gasteiger partial charge in [-0.3, -0.25) is 9.59 Å². The number of rotatable bonds is 7. The van der Waals surface area contributed by atoms with Crippen LogP contribution in [0, 0.1) is 0 Å². The van der Waals surface area contributed by atoms with Crippen LogP contribution in [-0.2, 0) is 11.3 Å². The maximum Gasteiger partial charge on any atom is 0.251 e. The molecule has 1 N–H and O–H groups in total. The topological polar surface area (TPSA) is 80.2 Å². The number of hydrazone groups is 1. The lowest BCUT2D eigenvalue weighted by Crippen LogP contribution is -2.33. The van der Waals surface area contributed by atoms with Gasteiger partial charge in [-0.05, 0) is 48.7 Å². The van der Waals surface area contributed by atoms with E-state index < -0.39 is 0 Å². The number of ether oxygens (including phenoxy) is 2. The van der Waals surface area contributed by atoms with Crippen molar-refractivity contribution in [3.8, 4) is 11.5 Å². The van der Waals surface area contributed by atoms with Crippen molar-refractivity contribution in [1.82, 2.24) is 10.3 Å². The van der Waals surface area contributed by atoms with E-state index in [0.717, 1.165) is 29.7 Å². The van der Waals surface area contributed by atoms with Gasteiger partial charge in [0.2, 0.25) is 5.91 Å². The fraction of sp³-hybridized carbons (Fsp3) is 0.400. The Bertz CT molecular complexity index is 1030. The van der Waals surface area contributed by atoms with Crippen molar-refractivity contribution in [1.29, 1.82) is 0 Å². The van der Waals surface area contributed by atoms with Crippen molar-refractivity contribution < 1.29 is 19.1 Å². The van der Waals surface area contributed by atoms with E-state index in [1.807, 2.05) is 42.5 Å². The van der Waals surface area contributed by atoms with E-state index in [4.69, 9.17) is 9.47 Å². The van der Waals surface area contributed by atoms with Gasteiger partial charge in [0.05, 0.1) is 26.5 Å². The highest BCUT2D eigenvalue weighted by molar-refractivity contribution is 6.04. The first-order chi connectivity index (χ1) is 15.6. The molecule has 2 aliphatic rings. The number of hydrogen-bond donors (Lipinski definition) is 1. The van der Waals surface area contributed by atoms with Crippen LogP contribution in [0.15, 0.2) is 47.6 Å². The Morgan fingerprint density at radius 1 is 1.06 bits per heavy atom. The number of carbonyl (C=O) groups excluding carboxylic acids is 2. The monoisotopic (exact) mass is 435 g/mol. The molecule has 1 aliphatic carbocycles. The van der Waals surface area contributed by atoms with Crippen molar-refractivity contribution in [2.24, 2.45) is 5.10 Å². The molecule has 32 heavy (non-hydrogen) atoms. The Morgan fingerprint density at radius 2 is 1.84 bits per heavy atom. The molecule has 0 spiro atoms. The molecule has 1 saturated carbocycles. The first-order valence-electron chi connectivity index (χ1n) is 11.1. The van der Waals surface area contributed by atoms with Crippen LogP contribution >= 0.6 is 0 Å². The maximum absolute atomic E-state index is 12.6. The predicted molar refractivity (Wildman–Crippen MR) is 122 cm³/mol. The molecule has 168 valence electrons. The summed E-state index contributed by atoms with van der Waals surface area (Å²) in [5.74, 6) is 1.18. The third kappa shape index (κ3) is 4.93. The Hall–Kier alpha value is -3.35. The van der Waals surface area contributed by atoms with E-state index >= 15 is 0 Å². The van der Waals surface area contributed by atoms with Crippen LogP contribution in [-0.4, -0.2) is 42.8 Å². The SMILES string of the molecule is COc1ccc(C2=NN(Cc3cccc(C(=O)NC4CCCC4)c3)C(=O)CC2)cc1OC. The van der Waals surface area contributed by atoms with Gasteiger partial charge in [-0.2, -0.15) is 5.10 Å². The molecule has 0 bridgehead atoms. The van der Waals surface area contributed by atoms with Gasteiger partial charge in [0, 0.05) is 30.0 Å². The van der Waals surface area contributed by atoms with E-state index in [1.54, 1.807) is 14.2 Å². The average Bonchev–Trinajstić information content (AvgIpc) is 3.33. The molecule has 0 aromatic heterocycles. The first kappa shape index (κ1) is 21.9. The summed E-state index contributed by atoms with van der Waals surface area (Å²) in [5.41, 5.74) is 3.20. The van der Waals surface area contributed by atoms with Gasteiger partial charge >= 0.3 is 0 Å². The molecule has 0 atom stereocenters. The Labute approximate surface area is 188 Å². The zero-order chi connectivity index (χ0) is 22.5. The maximum atomic E-state index is 12.6. The predicted octanol–water partition coefficient (Wildman–Crippen LogP) is 3.90. The van der Waals surface area contributed by atoms with E-state index in [-0.39, 0.29) is 17.9 Å². The second-order valence-electron chi connectivity index (χ2n) is 8.22. The zero-order valence-corrected chi connectivity index (χ0v) is 18.6. The molecule has 1 fully saturated rings. The van der Waals surface area contributed by atoms with E-state index in [1.165, 1.54) is 17.9 Å². The molecule has 2 aromatic rings. The first-order valence-corrected chi connectivity index (χ1v) is 11.1. The molecule has 0 unspecified atom stereocenters. The second kappa shape index (κ2) is 9.85. The summed E-state index contributed by atoms with van der Waals surface area (Å²) in [7, 11) is 3.19. The molecular weight excluding hydrogens is 406 g/mol. The molecule has 0 saturated heterocycles. The third-order valence-electron chi connectivity index (χ3n) is 6.03. The fourth-order valence-electron chi connectivity index (χ4n) is 4.27. The molecule has 7 nitrogen and oxygen atoms in total. The summed E-state index contributed by atoms with van der Waals surface area (Å²) >= 11 is 0. The number of benzene rings is 2. The lowest BCUT2D eigenvalue weighted by Gasteiger charge is -2.24. The molecule has 2 amide bonds. The quantitative estimate of drug-likeness (QED) is 0.715. The minimum atomic E-state index is -0.0572. The molecule has 0 radical (unpaired) electrons. The van der Waals surface area contributed by atoms with E-state index in [0.29, 0.717) is 36.4 Å². The van der Waals surface area contributed by atoms with Gasteiger partial charge in [0.1, 0.15) is 0 Å². The second-order valence-corrected chi connectivity index (χ2v) is 8.22. The summed E-state index contributed by atoms with van der Waals surface area (Å²) in [5, 5.41) is 9.22. The number of methoxy groups -OCH3 is 2. The number of amides is 2. The van der Waals surface area contributed by atoms with Gasteiger partial charge in [-0.25, -0.2) is 5.01 Å². The van der Waals surface area contributed by atoms with Crippen LogP contribution < -0.4 is 14.8 Å². The van der Waals surface area contributed by atoms with Gasteiger partial charge in [-0.15, -0.1) is 0 Å². The molecule has 7 heteroatoms. The zero-order valence-electron chi connectivity index (χ0n) is 18.6. The van der Waals surface area contributed by atoms with Crippen molar-refractivity contribution in [2.75, 3.05) is 14.2 Å². The normalized spacial score (nSPS) is 16.6. The van der Waals surface area contributed by atoms with Crippen LogP contribution in [0.25, 0.3) is 0 Å². The van der Waals surface area contributed by atoms with Crippen LogP contribution in [0.1, 0.15) is 60.0 Å².